The van der Waals surface area contributed by atoms with Gasteiger partial charge in [0.1, 0.15) is 0 Å². The van der Waals surface area contributed by atoms with E-state index in [1.807, 2.05) is 6.07 Å². The van der Waals surface area contributed by atoms with E-state index in [0.717, 1.165) is 5.56 Å². The van der Waals surface area contributed by atoms with Gasteiger partial charge in [-0.05, 0) is 30.7 Å². The summed E-state index contributed by atoms with van der Waals surface area (Å²) in [6, 6.07) is 6.71. The lowest BCUT2D eigenvalue weighted by atomic mass is 10.2. The number of sulfonamides is 1. The Morgan fingerprint density at radius 1 is 1.35 bits per heavy atom. The Hall–Kier alpha value is -1.44. The van der Waals surface area contributed by atoms with Crippen LogP contribution in [0.4, 0.5) is 0 Å². The topological polar surface area (TPSA) is 86.7 Å². The van der Waals surface area contributed by atoms with Crippen LogP contribution in [0, 0.1) is 0 Å². The van der Waals surface area contributed by atoms with Crippen LogP contribution in [0.3, 0.4) is 0 Å². The van der Waals surface area contributed by atoms with Crippen LogP contribution in [0.15, 0.2) is 29.2 Å². The quantitative estimate of drug-likeness (QED) is 0.696. The van der Waals surface area contributed by atoms with E-state index in [2.05, 4.69) is 5.32 Å². The molecule has 0 fully saturated rings. The molecule has 0 aromatic heterocycles. The van der Waals surface area contributed by atoms with Crippen molar-refractivity contribution in [1.29, 1.82) is 0 Å². The second-order valence-electron chi connectivity index (χ2n) is 4.61. The molecule has 0 aliphatic heterocycles. The Kier molecular flexibility index (Phi) is 6.12. The van der Waals surface area contributed by atoms with Gasteiger partial charge in [0.2, 0.25) is 10.0 Å². The number of aliphatic carboxylic acids is 1. The maximum atomic E-state index is 12.0. The van der Waals surface area contributed by atoms with Crippen LogP contribution < -0.4 is 5.32 Å². The van der Waals surface area contributed by atoms with Crippen molar-refractivity contribution in [2.75, 3.05) is 20.6 Å². The van der Waals surface area contributed by atoms with E-state index in [4.69, 9.17) is 5.11 Å². The summed E-state index contributed by atoms with van der Waals surface area (Å²) in [6.07, 6.45) is 0.674. The highest BCUT2D eigenvalue weighted by Gasteiger charge is 2.16. The first kappa shape index (κ1) is 16.6. The molecule has 0 radical (unpaired) electrons. The monoisotopic (exact) mass is 300 g/mol. The molecule has 112 valence electrons. The predicted molar refractivity (Wildman–Crippen MR) is 75.9 cm³/mol. The van der Waals surface area contributed by atoms with Gasteiger partial charge in [0.05, 0.1) is 4.90 Å². The summed E-state index contributed by atoms with van der Waals surface area (Å²) in [4.78, 5) is 10.6. The SMILES string of the molecule is CN(C)S(=O)(=O)c1cccc(CNCCCC(=O)O)c1. The van der Waals surface area contributed by atoms with E-state index in [-0.39, 0.29) is 11.3 Å². The fourth-order valence-corrected chi connectivity index (χ4v) is 2.60. The molecule has 6 nitrogen and oxygen atoms in total. The molecular weight excluding hydrogens is 280 g/mol. The molecule has 0 saturated heterocycles. The van der Waals surface area contributed by atoms with Crippen LogP contribution in [0.2, 0.25) is 0 Å². The average molecular weight is 300 g/mol. The molecule has 0 amide bonds. The number of carboxylic acid groups (broad SMARTS) is 1. The number of nitrogens with one attached hydrogen (secondary N) is 1. The first-order chi connectivity index (χ1) is 9.34. The Bertz CT molecular complexity index is 555. The van der Waals surface area contributed by atoms with Gasteiger partial charge in [-0.2, -0.15) is 0 Å². The Morgan fingerprint density at radius 2 is 2.05 bits per heavy atom. The highest BCUT2D eigenvalue weighted by atomic mass is 32.2. The first-order valence-corrected chi connectivity index (χ1v) is 7.72. The van der Waals surface area contributed by atoms with Crippen molar-refractivity contribution >= 4 is 16.0 Å². The molecule has 2 N–H and O–H groups in total. The molecule has 20 heavy (non-hydrogen) atoms. The molecule has 1 aromatic rings. The van der Waals surface area contributed by atoms with Gasteiger partial charge in [0.25, 0.3) is 0 Å². The van der Waals surface area contributed by atoms with E-state index in [1.54, 1.807) is 18.2 Å². The number of carboxylic acids is 1. The average Bonchev–Trinajstić information content (AvgIpc) is 2.38. The molecule has 0 saturated carbocycles. The summed E-state index contributed by atoms with van der Waals surface area (Å²) >= 11 is 0. The van der Waals surface area contributed by atoms with Crippen molar-refractivity contribution in [1.82, 2.24) is 9.62 Å². The van der Waals surface area contributed by atoms with E-state index in [1.165, 1.54) is 18.4 Å². The maximum Gasteiger partial charge on any atom is 0.303 e. The van der Waals surface area contributed by atoms with Crippen molar-refractivity contribution in [3.8, 4) is 0 Å². The third kappa shape index (κ3) is 4.92. The fraction of sp³-hybridized carbons (Fsp3) is 0.462. The van der Waals surface area contributed by atoms with Crippen LogP contribution in [0.25, 0.3) is 0 Å². The van der Waals surface area contributed by atoms with Gasteiger partial charge in [-0.25, -0.2) is 12.7 Å². The van der Waals surface area contributed by atoms with E-state index < -0.39 is 16.0 Å². The van der Waals surface area contributed by atoms with Crippen LogP contribution in [-0.4, -0.2) is 44.4 Å². The third-order valence-electron chi connectivity index (χ3n) is 2.75. The summed E-state index contributed by atoms with van der Waals surface area (Å²) in [5, 5.41) is 11.6. The summed E-state index contributed by atoms with van der Waals surface area (Å²) in [5.74, 6) is -0.814. The smallest absolute Gasteiger partial charge is 0.303 e. The van der Waals surface area contributed by atoms with Crippen molar-refractivity contribution in [2.24, 2.45) is 0 Å². The Balaban J connectivity index is 2.59. The number of carbonyl (C=O) groups is 1. The predicted octanol–water partition coefficient (Wildman–Crippen LogP) is 0.891. The van der Waals surface area contributed by atoms with Gasteiger partial charge in [0.15, 0.2) is 0 Å². The van der Waals surface area contributed by atoms with Crippen molar-refractivity contribution in [2.45, 2.75) is 24.3 Å². The number of hydrogen-bond acceptors (Lipinski definition) is 4. The van der Waals surface area contributed by atoms with Gasteiger partial charge in [0, 0.05) is 27.1 Å². The molecule has 1 rings (SSSR count). The van der Waals surface area contributed by atoms with Gasteiger partial charge < -0.3 is 10.4 Å². The van der Waals surface area contributed by atoms with Gasteiger partial charge in [-0.15, -0.1) is 0 Å². The van der Waals surface area contributed by atoms with Gasteiger partial charge in [-0.1, -0.05) is 12.1 Å². The number of nitrogens with zero attached hydrogens (tertiary/aromatic N) is 1. The molecule has 7 heteroatoms. The highest BCUT2D eigenvalue weighted by Crippen LogP contribution is 2.14. The van der Waals surface area contributed by atoms with Crippen molar-refractivity contribution < 1.29 is 18.3 Å². The van der Waals surface area contributed by atoms with Crippen LogP contribution >= 0.6 is 0 Å². The Labute approximate surface area is 119 Å². The second kappa shape index (κ2) is 7.37. The summed E-state index contributed by atoms with van der Waals surface area (Å²) in [5.41, 5.74) is 0.850. The van der Waals surface area contributed by atoms with Crippen LogP contribution in [-0.2, 0) is 21.4 Å². The summed E-state index contributed by atoms with van der Waals surface area (Å²) < 4.78 is 25.1. The zero-order chi connectivity index (χ0) is 15.2. The minimum atomic E-state index is -3.42. The molecule has 0 atom stereocenters. The standard InChI is InChI=1S/C13H20N2O4S/c1-15(2)20(18,19)12-6-3-5-11(9-12)10-14-8-4-7-13(16)17/h3,5-6,9,14H,4,7-8,10H2,1-2H3,(H,16,17). The van der Waals surface area contributed by atoms with E-state index in [9.17, 15) is 13.2 Å². The maximum absolute atomic E-state index is 12.0. The van der Waals surface area contributed by atoms with Crippen molar-refractivity contribution in [3.63, 3.8) is 0 Å². The van der Waals surface area contributed by atoms with Crippen LogP contribution in [0.5, 0.6) is 0 Å². The zero-order valence-corrected chi connectivity index (χ0v) is 12.5. The van der Waals surface area contributed by atoms with Gasteiger partial charge >= 0.3 is 5.97 Å². The zero-order valence-electron chi connectivity index (χ0n) is 11.7. The molecule has 0 aliphatic carbocycles. The second-order valence-corrected chi connectivity index (χ2v) is 6.76. The first-order valence-electron chi connectivity index (χ1n) is 6.28. The lowest BCUT2D eigenvalue weighted by Crippen LogP contribution is -2.22. The number of hydrogen-bond donors (Lipinski definition) is 2. The molecule has 0 spiro atoms. The molecule has 0 unspecified atom stereocenters. The van der Waals surface area contributed by atoms with E-state index in [0.29, 0.717) is 19.5 Å². The molecular formula is C13H20N2O4S. The molecule has 1 aromatic carbocycles. The number of rotatable bonds is 8. The Morgan fingerprint density at radius 3 is 2.65 bits per heavy atom. The van der Waals surface area contributed by atoms with Crippen LogP contribution in [0.1, 0.15) is 18.4 Å². The van der Waals surface area contributed by atoms with Gasteiger partial charge in [-0.3, -0.25) is 4.79 Å². The minimum absolute atomic E-state index is 0.127. The fourth-order valence-electron chi connectivity index (χ4n) is 1.62. The lowest BCUT2D eigenvalue weighted by molar-refractivity contribution is -0.137. The van der Waals surface area contributed by atoms with Crippen molar-refractivity contribution in [3.05, 3.63) is 29.8 Å². The minimum Gasteiger partial charge on any atom is -0.481 e. The number of benzene rings is 1. The molecule has 0 heterocycles. The molecule has 0 aliphatic rings. The normalized spacial score (nSPS) is 11.8. The largest absolute Gasteiger partial charge is 0.481 e. The highest BCUT2D eigenvalue weighted by molar-refractivity contribution is 7.89. The molecule has 0 bridgehead atoms. The third-order valence-corrected chi connectivity index (χ3v) is 4.56. The van der Waals surface area contributed by atoms with E-state index >= 15 is 0 Å². The lowest BCUT2D eigenvalue weighted by Gasteiger charge is -2.12. The summed E-state index contributed by atoms with van der Waals surface area (Å²) in [6.45, 7) is 1.09. The summed E-state index contributed by atoms with van der Waals surface area (Å²) in [7, 11) is -0.434.